The van der Waals surface area contributed by atoms with Crippen molar-refractivity contribution < 1.29 is 18.9 Å². The van der Waals surface area contributed by atoms with Crippen LogP contribution in [0.3, 0.4) is 0 Å². The summed E-state index contributed by atoms with van der Waals surface area (Å²) in [6.45, 7) is 4.72. The lowest BCUT2D eigenvalue weighted by Crippen LogP contribution is -2.04. The maximum atomic E-state index is 5.28. The van der Waals surface area contributed by atoms with Crippen LogP contribution in [-0.2, 0) is 18.9 Å². The summed E-state index contributed by atoms with van der Waals surface area (Å²) in [6.07, 6.45) is 6.16. The molecule has 17 heavy (non-hydrogen) atoms. The van der Waals surface area contributed by atoms with Crippen LogP contribution >= 0.6 is 7.92 Å². The van der Waals surface area contributed by atoms with Gasteiger partial charge in [0, 0.05) is 27.4 Å². The van der Waals surface area contributed by atoms with Gasteiger partial charge in [0.05, 0.1) is 0 Å². The Balaban J connectivity index is 3.30. The van der Waals surface area contributed by atoms with Crippen LogP contribution in [0.5, 0.6) is 0 Å². The third-order valence-electron chi connectivity index (χ3n) is 2.38. The molecular formula is C12H27O4P. The quantitative estimate of drug-likeness (QED) is 0.291. The van der Waals surface area contributed by atoms with Crippen LogP contribution in [-0.4, -0.2) is 59.5 Å². The molecule has 5 heteroatoms. The van der Waals surface area contributed by atoms with Crippen LogP contribution in [0.25, 0.3) is 0 Å². The molecule has 0 aliphatic carbocycles. The van der Waals surface area contributed by atoms with E-state index in [1.165, 1.54) is 18.5 Å². The monoisotopic (exact) mass is 266 g/mol. The molecule has 0 radical (unpaired) electrons. The van der Waals surface area contributed by atoms with Crippen LogP contribution in [0.1, 0.15) is 19.8 Å². The second kappa shape index (κ2) is 14.3. The van der Waals surface area contributed by atoms with Crippen molar-refractivity contribution in [3.8, 4) is 0 Å². The molecule has 0 aliphatic heterocycles. The van der Waals surface area contributed by atoms with Gasteiger partial charge in [-0.25, -0.2) is 0 Å². The van der Waals surface area contributed by atoms with Crippen molar-refractivity contribution in [2.24, 2.45) is 0 Å². The van der Waals surface area contributed by atoms with E-state index in [1.54, 1.807) is 14.2 Å². The molecule has 0 unspecified atom stereocenters. The van der Waals surface area contributed by atoms with E-state index in [1.807, 2.05) is 0 Å². The first-order valence-electron chi connectivity index (χ1n) is 6.20. The molecule has 0 saturated heterocycles. The predicted molar refractivity (Wildman–Crippen MR) is 72.1 cm³/mol. The first kappa shape index (κ1) is 17.3. The van der Waals surface area contributed by atoms with Gasteiger partial charge in [0.15, 0.2) is 0 Å². The molecule has 0 spiro atoms. The highest BCUT2D eigenvalue weighted by molar-refractivity contribution is 7.57. The Morgan fingerprint density at radius 1 is 0.824 bits per heavy atom. The Labute approximate surface area is 107 Å². The lowest BCUT2D eigenvalue weighted by atomic mass is 10.5. The minimum Gasteiger partial charge on any atom is -0.359 e. The predicted octanol–water partition coefficient (Wildman–Crippen LogP) is 2.51. The SMILES string of the molecule is CCP(CCCOCOC)CCCOCOC. The molecule has 0 rings (SSSR count). The van der Waals surface area contributed by atoms with Gasteiger partial charge in [0.1, 0.15) is 13.6 Å². The largest absolute Gasteiger partial charge is 0.359 e. The van der Waals surface area contributed by atoms with Crippen molar-refractivity contribution in [2.45, 2.75) is 19.8 Å². The van der Waals surface area contributed by atoms with Gasteiger partial charge in [0.2, 0.25) is 0 Å². The van der Waals surface area contributed by atoms with Gasteiger partial charge in [-0.2, -0.15) is 0 Å². The molecular weight excluding hydrogens is 239 g/mol. The Morgan fingerprint density at radius 2 is 1.29 bits per heavy atom. The molecule has 4 nitrogen and oxygen atoms in total. The minimum absolute atomic E-state index is 0.158. The summed E-state index contributed by atoms with van der Waals surface area (Å²) in [5.74, 6) is 0. The Morgan fingerprint density at radius 3 is 1.65 bits per heavy atom. The Hall–Kier alpha value is 0.270. The van der Waals surface area contributed by atoms with Crippen LogP contribution in [0.2, 0.25) is 0 Å². The topological polar surface area (TPSA) is 36.9 Å². The van der Waals surface area contributed by atoms with Crippen LogP contribution < -0.4 is 0 Å². The zero-order valence-electron chi connectivity index (χ0n) is 11.4. The molecule has 0 atom stereocenters. The van der Waals surface area contributed by atoms with Gasteiger partial charge in [0.25, 0.3) is 0 Å². The Bertz CT molecular complexity index is 132. The summed E-state index contributed by atoms with van der Waals surface area (Å²) in [6, 6.07) is 0. The molecule has 0 heterocycles. The van der Waals surface area contributed by atoms with Crippen molar-refractivity contribution in [2.75, 3.05) is 59.5 Å². The third kappa shape index (κ3) is 12.5. The fourth-order valence-electron chi connectivity index (χ4n) is 1.49. The molecule has 0 aliphatic rings. The summed E-state index contributed by atoms with van der Waals surface area (Å²) >= 11 is 0. The maximum Gasteiger partial charge on any atom is 0.146 e. The molecule has 0 fully saturated rings. The minimum atomic E-state index is 0.158. The number of rotatable bonds is 13. The fraction of sp³-hybridized carbons (Fsp3) is 1.00. The normalized spacial score (nSPS) is 11.3. The second-order valence-electron chi connectivity index (χ2n) is 3.77. The van der Waals surface area contributed by atoms with Gasteiger partial charge in [-0.15, -0.1) is 7.92 Å². The smallest absolute Gasteiger partial charge is 0.146 e. The van der Waals surface area contributed by atoms with E-state index < -0.39 is 0 Å². The zero-order valence-corrected chi connectivity index (χ0v) is 12.3. The lowest BCUT2D eigenvalue weighted by Gasteiger charge is -2.15. The van der Waals surface area contributed by atoms with Crippen LogP contribution in [0.4, 0.5) is 0 Å². The van der Waals surface area contributed by atoms with Crippen molar-refractivity contribution in [1.29, 1.82) is 0 Å². The summed E-state index contributed by atoms with van der Waals surface area (Å²) < 4.78 is 20.2. The van der Waals surface area contributed by atoms with E-state index >= 15 is 0 Å². The van der Waals surface area contributed by atoms with Crippen molar-refractivity contribution in [3.05, 3.63) is 0 Å². The van der Waals surface area contributed by atoms with Crippen molar-refractivity contribution in [3.63, 3.8) is 0 Å². The highest BCUT2D eigenvalue weighted by Crippen LogP contribution is 2.36. The average molecular weight is 266 g/mol. The van der Waals surface area contributed by atoms with Gasteiger partial charge in [-0.1, -0.05) is 6.92 Å². The van der Waals surface area contributed by atoms with E-state index in [0.717, 1.165) is 26.1 Å². The maximum absolute atomic E-state index is 5.28. The molecule has 0 bridgehead atoms. The molecule has 0 aromatic rings. The van der Waals surface area contributed by atoms with Crippen LogP contribution in [0.15, 0.2) is 0 Å². The molecule has 0 amide bonds. The fourth-order valence-corrected chi connectivity index (χ4v) is 3.50. The standard InChI is InChI=1S/C12H27O4P/c1-4-17(9-5-7-15-11-13-2)10-6-8-16-12-14-3/h4-12H2,1-3H3. The number of hydrogen-bond donors (Lipinski definition) is 0. The van der Waals surface area contributed by atoms with Gasteiger partial charge >= 0.3 is 0 Å². The second-order valence-corrected chi connectivity index (χ2v) is 6.64. The molecule has 0 N–H and O–H groups in total. The van der Waals surface area contributed by atoms with Crippen molar-refractivity contribution >= 4 is 7.92 Å². The summed E-state index contributed by atoms with van der Waals surface area (Å²) in [7, 11) is 3.46. The summed E-state index contributed by atoms with van der Waals surface area (Å²) in [5, 5.41) is 0. The van der Waals surface area contributed by atoms with Gasteiger partial charge < -0.3 is 18.9 Å². The van der Waals surface area contributed by atoms with Gasteiger partial charge in [-0.3, -0.25) is 0 Å². The summed E-state index contributed by atoms with van der Waals surface area (Å²) in [4.78, 5) is 0. The molecule has 104 valence electrons. The highest BCUT2D eigenvalue weighted by atomic mass is 31.1. The third-order valence-corrected chi connectivity index (χ3v) is 5.17. The van der Waals surface area contributed by atoms with E-state index in [4.69, 9.17) is 18.9 Å². The summed E-state index contributed by atoms with van der Waals surface area (Å²) in [5.41, 5.74) is 0. The van der Waals surface area contributed by atoms with Crippen LogP contribution in [0, 0.1) is 0 Å². The van der Waals surface area contributed by atoms with E-state index in [0.29, 0.717) is 13.6 Å². The van der Waals surface area contributed by atoms with E-state index in [-0.39, 0.29) is 7.92 Å². The Kier molecular flexibility index (Phi) is 14.6. The molecule has 0 aromatic heterocycles. The lowest BCUT2D eigenvalue weighted by molar-refractivity contribution is -0.0300. The van der Waals surface area contributed by atoms with E-state index in [2.05, 4.69) is 6.92 Å². The molecule has 0 aromatic carbocycles. The van der Waals surface area contributed by atoms with E-state index in [9.17, 15) is 0 Å². The highest BCUT2D eigenvalue weighted by Gasteiger charge is 2.04. The number of ether oxygens (including phenoxy) is 4. The molecule has 0 saturated carbocycles. The first-order chi connectivity index (χ1) is 8.35. The zero-order chi connectivity index (χ0) is 12.8. The van der Waals surface area contributed by atoms with Gasteiger partial charge in [-0.05, 0) is 31.3 Å². The number of hydrogen-bond acceptors (Lipinski definition) is 4. The number of methoxy groups -OCH3 is 2. The average Bonchev–Trinajstić information content (AvgIpc) is 2.36. The van der Waals surface area contributed by atoms with Crippen molar-refractivity contribution in [1.82, 2.24) is 0 Å². The first-order valence-corrected chi connectivity index (χ1v) is 8.10.